The maximum atomic E-state index is 9.14. The molecular formula is C12H14ClN3O2. The van der Waals surface area contributed by atoms with Crippen LogP contribution >= 0.6 is 11.6 Å². The van der Waals surface area contributed by atoms with Gasteiger partial charge in [0.1, 0.15) is 11.9 Å². The van der Waals surface area contributed by atoms with Crippen LogP contribution < -0.4 is 4.90 Å². The van der Waals surface area contributed by atoms with E-state index in [-0.39, 0.29) is 24.4 Å². The molecule has 6 heteroatoms. The average molecular weight is 268 g/mol. The molecule has 2 atom stereocenters. The molecule has 96 valence electrons. The van der Waals surface area contributed by atoms with Crippen molar-refractivity contribution in [1.82, 2.24) is 4.98 Å². The second-order valence-electron chi connectivity index (χ2n) is 4.25. The SMILES string of the molecule is CC1COC(CO)CN1c1ccc(Cl)c(C#N)n1. The van der Waals surface area contributed by atoms with E-state index >= 15 is 0 Å². The Hall–Kier alpha value is -1.35. The molecule has 0 amide bonds. The molecule has 1 aliphatic heterocycles. The molecule has 5 nitrogen and oxygen atoms in total. The van der Waals surface area contributed by atoms with Crippen LogP contribution in [0, 0.1) is 11.3 Å². The van der Waals surface area contributed by atoms with E-state index in [1.54, 1.807) is 12.1 Å². The predicted octanol–water partition coefficient (Wildman–Crippen LogP) is 1.19. The van der Waals surface area contributed by atoms with Crippen LogP contribution in [0.5, 0.6) is 0 Å². The Morgan fingerprint density at radius 3 is 3.11 bits per heavy atom. The number of hydrogen-bond acceptors (Lipinski definition) is 5. The summed E-state index contributed by atoms with van der Waals surface area (Å²) < 4.78 is 5.46. The number of aromatic nitrogens is 1. The lowest BCUT2D eigenvalue weighted by Crippen LogP contribution is -2.50. The van der Waals surface area contributed by atoms with Crippen molar-refractivity contribution in [2.75, 3.05) is 24.7 Å². The molecule has 0 aliphatic carbocycles. The minimum atomic E-state index is -0.218. The van der Waals surface area contributed by atoms with Gasteiger partial charge in [0.25, 0.3) is 0 Å². The van der Waals surface area contributed by atoms with Gasteiger partial charge in [0, 0.05) is 6.54 Å². The molecule has 1 aliphatic rings. The average Bonchev–Trinajstić information content (AvgIpc) is 2.40. The molecule has 0 radical (unpaired) electrons. The van der Waals surface area contributed by atoms with Gasteiger partial charge in [-0.05, 0) is 19.1 Å². The van der Waals surface area contributed by atoms with Crippen molar-refractivity contribution in [3.63, 3.8) is 0 Å². The van der Waals surface area contributed by atoms with E-state index < -0.39 is 0 Å². The Morgan fingerprint density at radius 1 is 1.67 bits per heavy atom. The van der Waals surface area contributed by atoms with Crippen LogP contribution in [-0.4, -0.2) is 42.0 Å². The van der Waals surface area contributed by atoms with E-state index in [2.05, 4.69) is 4.98 Å². The van der Waals surface area contributed by atoms with Gasteiger partial charge in [-0.15, -0.1) is 0 Å². The smallest absolute Gasteiger partial charge is 0.161 e. The fraction of sp³-hybridized carbons (Fsp3) is 0.500. The number of aliphatic hydroxyl groups excluding tert-OH is 1. The summed E-state index contributed by atoms with van der Waals surface area (Å²) in [5.41, 5.74) is 0.216. The standard InChI is InChI=1S/C12H14ClN3O2/c1-8-7-18-9(6-17)5-16(8)12-3-2-10(13)11(4-14)15-12/h2-3,8-9,17H,5-7H2,1H3. The van der Waals surface area contributed by atoms with E-state index in [4.69, 9.17) is 26.7 Å². The summed E-state index contributed by atoms with van der Waals surface area (Å²) in [7, 11) is 0. The highest BCUT2D eigenvalue weighted by Gasteiger charge is 2.26. The van der Waals surface area contributed by atoms with Gasteiger partial charge in [0.2, 0.25) is 0 Å². The van der Waals surface area contributed by atoms with Crippen LogP contribution in [0.1, 0.15) is 12.6 Å². The summed E-state index contributed by atoms with van der Waals surface area (Å²) >= 11 is 5.86. The van der Waals surface area contributed by atoms with Crippen molar-refractivity contribution in [3.8, 4) is 6.07 Å². The maximum absolute atomic E-state index is 9.14. The van der Waals surface area contributed by atoms with E-state index in [1.165, 1.54) is 0 Å². The zero-order valence-corrected chi connectivity index (χ0v) is 10.8. The van der Waals surface area contributed by atoms with Crippen LogP contribution in [-0.2, 0) is 4.74 Å². The molecule has 2 heterocycles. The van der Waals surface area contributed by atoms with Crippen LogP contribution in [0.3, 0.4) is 0 Å². The van der Waals surface area contributed by atoms with Gasteiger partial charge in [0.15, 0.2) is 5.69 Å². The quantitative estimate of drug-likeness (QED) is 0.872. The monoisotopic (exact) mass is 267 g/mol. The highest BCUT2D eigenvalue weighted by molar-refractivity contribution is 6.31. The molecule has 1 aromatic rings. The predicted molar refractivity (Wildman–Crippen MR) is 67.6 cm³/mol. The molecule has 0 bridgehead atoms. The molecule has 2 rings (SSSR count). The van der Waals surface area contributed by atoms with Crippen molar-refractivity contribution in [2.24, 2.45) is 0 Å². The first kappa shape index (κ1) is 13.1. The van der Waals surface area contributed by atoms with Crippen LogP contribution in [0.25, 0.3) is 0 Å². The number of rotatable bonds is 2. The Labute approximate surface area is 111 Å². The van der Waals surface area contributed by atoms with E-state index in [0.717, 1.165) is 0 Å². The first-order valence-electron chi connectivity index (χ1n) is 5.71. The number of anilines is 1. The Bertz CT molecular complexity index is 475. The molecule has 1 N–H and O–H groups in total. The zero-order valence-electron chi connectivity index (χ0n) is 10.0. The highest BCUT2D eigenvalue weighted by atomic mass is 35.5. The third kappa shape index (κ3) is 2.56. The summed E-state index contributed by atoms with van der Waals surface area (Å²) in [6.45, 7) is 3.06. The molecule has 0 saturated carbocycles. The van der Waals surface area contributed by atoms with E-state index in [0.29, 0.717) is 24.0 Å². The lowest BCUT2D eigenvalue weighted by atomic mass is 10.2. The topological polar surface area (TPSA) is 69.4 Å². The third-order valence-electron chi connectivity index (χ3n) is 2.94. The number of morpholine rings is 1. The van der Waals surface area contributed by atoms with Crippen LogP contribution in [0.4, 0.5) is 5.82 Å². The van der Waals surface area contributed by atoms with Crippen molar-refractivity contribution >= 4 is 17.4 Å². The zero-order chi connectivity index (χ0) is 13.1. The summed E-state index contributed by atoms with van der Waals surface area (Å²) in [5, 5.41) is 18.4. The Kier molecular flexibility index (Phi) is 4.02. The van der Waals surface area contributed by atoms with Gasteiger partial charge in [-0.1, -0.05) is 11.6 Å². The summed E-state index contributed by atoms with van der Waals surface area (Å²) in [6.07, 6.45) is -0.218. The largest absolute Gasteiger partial charge is 0.394 e. The van der Waals surface area contributed by atoms with E-state index in [1.807, 2.05) is 17.9 Å². The van der Waals surface area contributed by atoms with Crippen LogP contribution in [0.15, 0.2) is 12.1 Å². The summed E-state index contributed by atoms with van der Waals surface area (Å²) in [6, 6.07) is 5.55. The first-order valence-corrected chi connectivity index (χ1v) is 6.09. The second-order valence-corrected chi connectivity index (χ2v) is 4.66. The fourth-order valence-electron chi connectivity index (χ4n) is 1.92. The van der Waals surface area contributed by atoms with Gasteiger partial charge in [0.05, 0.1) is 30.4 Å². The van der Waals surface area contributed by atoms with Gasteiger partial charge >= 0.3 is 0 Å². The molecule has 2 unspecified atom stereocenters. The number of nitrogens with zero attached hydrogens (tertiary/aromatic N) is 3. The molecular weight excluding hydrogens is 254 g/mol. The normalized spacial score (nSPS) is 23.8. The number of aliphatic hydroxyl groups is 1. The fourth-order valence-corrected chi connectivity index (χ4v) is 2.06. The minimum Gasteiger partial charge on any atom is -0.394 e. The molecule has 1 aromatic heterocycles. The Morgan fingerprint density at radius 2 is 2.44 bits per heavy atom. The van der Waals surface area contributed by atoms with Gasteiger partial charge in [-0.2, -0.15) is 5.26 Å². The number of pyridine rings is 1. The van der Waals surface area contributed by atoms with Crippen molar-refractivity contribution < 1.29 is 9.84 Å². The first-order chi connectivity index (χ1) is 8.65. The van der Waals surface area contributed by atoms with Gasteiger partial charge in [-0.3, -0.25) is 0 Å². The number of halogens is 1. The lowest BCUT2D eigenvalue weighted by molar-refractivity contribution is -0.0105. The Balaban J connectivity index is 2.26. The minimum absolute atomic E-state index is 0.0259. The third-order valence-corrected chi connectivity index (χ3v) is 3.25. The summed E-state index contributed by atoms with van der Waals surface area (Å²) in [5.74, 6) is 0.685. The van der Waals surface area contributed by atoms with Crippen molar-refractivity contribution in [1.29, 1.82) is 5.26 Å². The molecule has 18 heavy (non-hydrogen) atoms. The molecule has 1 saturated heterocycles. The van der Waals surface area contributed by atoms with Crippen molar-refractivity contribution in [2.45, 2.75) is 19.1 Å². The van der Waals surface area contributed by atoms with Gasteiger partial charge in [-0.25, -0.2) is 4.98 Å². The van der Waals surface area contributed by atoms with Crippen molar-refractivity contribution in [3.05, 3.63) is 22.8 Å². The second kappa shape index (κ2) is 5.53. The lowest BCUT2D eigenvalue weighted by Gasteiger charge is -2.38. The highest BCUT2D eigenvalue weighted by Crippen LogP contribution is 2.23. The molecule has 0 aromatic carbocycles. The van der Waals surface area contributed by atoms with Crippen LogP contribution in [0.2, 0.25) is 5.02 Å². The molecule has 1 fully saturated rings. The number of hydrogen-bond donors (Lipinski definition) is 1. The molecule has 0 spiro atoms. The number of nitriles is 1. The number of ether oxygens (including phenoxy) is 1. The maximum Gasteiger partial charge on any atom is 0.161 e. The van der Waals surface area contributed by atoms with E-state index in [9.17, 15) is 0 Å². The van der Waals surface area contributed by atoms with Gasteiger partial charge < -0.3 is 14.7 Å². The summed E-state index contributed by atoms with van der Waals surface area (Å²) in [4.78, 5) is 6.24.